The Bertz CT molecular complexity index is 105. The molecule has 3 nitrogen and oxygen atoms in total. The van der Waals surface area contributed by atoms with Gasteiger partial charge in [0.05, 0.1) is 0 Å². The van der Waals surface area contributed by atoms with Crippen molar-refractivity contribution < 1.29 is 9.90 Å². The summed E-state index contributed by atoms with van der Waals surface area (Å²) in [6.07, 6.45) is 0. The molecule has 0 radical (unpaired) electrons. The predicted octanol–water partition coefficient (Wildman–Crippen LogP) is -0.0690. The van der Waals surface area contributed by atoms with Gasteiger partial charge in [-0.3, -0.25) is 9.69 Å². The van der Waals surface area contributed by atoms with Crippen LogP contribution in [0.1, 0.15) is 0 Å². The van der Waals surface area contributed by atoms with Gasteiger partial charge in [0.1, 0.15) is 6.04 Å². The Morgan fingerprint density at radius 3 is 2.22 bits per heavy atom. The minimum atomic E-state index is -0.824. The van der Waals surface area contributed by atoms with E-state index in [4.69, 9.17) is 5.11 Å². The SMILES string of the molecule is CN(C)C(CS)C(=O)O. The molecular formula is C5H11NO2S. The van der Waals surface area contributed by atoms with Crippen LogP contribution in [-0.2, 0) is 4.79 Å². The lowest BCUT2D eigenvalue weighted by atomic mass is 10.3. The van der Waals surface area contributed by atoms with Crippen LogP contribution < -0.4 is 0 Å². The highest BCUT2D eigenvalue weighted by Crippen LogP contribution is 1.94. The number of carbonyl (C=O) groups is 1. The van der Waals surface area contributed by atoms with E-state index >= 15 is 0 Å². The fourth-order valence-electron chi connectivity index (χ4n) is 0.462. The highest BCUT2D eigenvalue weighted by Gasteiger charge is 2.16. The quantitative estimate of drug-likeness (QED) is 0.552. The van der Waals surface area contributed by atoms with Crippen LogP contribution in [0.15, 0.2) is 0 Å². The first-order valence-corrected chi connectivity index (χ1v) is 3.23. The molecule has 0 fully saturated rings. The zero-order valence-electron chi connectivity index (χ0n) is 5.53. The number of nitrogens with zero attached hydrogens (tertiary/aromatic N) is 1. The Hall–Kier alpha value is -0.220. The number of likely N-dealkylation sites (N-methyl/N-ethyl adjacent to an activating group) is 1. The van der Waals surface area contributed by atoms with E-state index in [1.165, 1.54) is 0 Å². The summed E-state index contributed by atoms with van der Waals surface area (Å²) in [5.74, 6) is -0.475. The maximum absolute atomic E-state index is 10.3. The van der Waals surface area contributed by atoms with Crippen LogP contribution in [0.2, 0.25) is 0 Å². The van der Waals surface area contributed by atoms with E-state index in [0.29, 0.717) is 5.75 Å². The van der Waals surface area contributed by atoms with Gasteiger partial charge in [-0.1, -0.05) is 0 Å². The van der Waals surface area contributed by atoms with Crippen LogP contribution in [0.25, 0.3) is 0 Å². The zero-order valence-corrected chi connectivity index (χ0v) is 6.43. The monoisotopic (exact) mass is 149 g/mol. The predicted molar refractivity (Wildman–Crippen MR) is 39.0 cm³/mol. The molecular weight excluding hydrogens is 138 g/mol. The van der Waals surface area contributed by atoms with Gasteiger partial charge in [0.25, 0.3) is 0 Å². The van der Waals surface area contributed by atoms with Crippen molar-refractivity contribution >= 4 is 18.6 Å². The van der Waals surface area contributed by atoms with Gasteiger partial charge < -0.3 is 5.11 Å². The van der Waals surface area contributed by atoms with Crippen molar-refractivity contribution in [3.8, 4) is 0 Å². The van der Waals surface area contributed by atoms with Gasteiger partial charge in [0, 0.05) is 5.75 Å². The fourth-order valence-corrected chi connectivity index (χ4v) is 0.945. The second kappa shape index (κ2) is 3.74. The molecule has 0 aromatic rings. The summed E-state index contributed by atoms with van der Waals surface area (Å²) in [6.45, 7) is 0. The van der Waals surface area contributed by atoms with Crippen LogP contribution in [0.5, 0.6) is 0 Å². The van der Waals surface area contributed by atoms with Crippen molar-refractivity contribution in [2.45, 2.75) is 6.04 Å². The van der Waals surface area contributed by atoms with Gasteiger partial charge in [-0.25, -0.2) is 0 Å². The van der Waals surface area contributed by atoms with Gasteiger partial charge in [-0.15, -0.1) is 0 Å². The van der Waals surface area contributed by atoms with Crippen LogP contribution >= 0.6 is 12.6 Å². The normalized spacial score (nSPS) is 13.8. The molecule has 0 heterocycles. The van der Waals surface area contributed by atoms with E-state index in [9.17, 15) is 4.79 Å². The summed E-state index contributed by atoms with van der Waals surface area (Å²) >= 11 is 3.87. The summed E-state index contributed by atoms with van der Waals surface area (Å²) in [6, 6.07) is -0.465. The Morgan fingerprint density at radius 2 is 2.22 bits per heavy atom. The molecule has 4 heteroatoms. The van der Waals surface area contributed by atoms with Crippen LogP contribution in [0.3, 0.4) is 0 Å². The van der Waals surface area contributed by atoms with Crippen molar-refractivity contribution in [2.75, 3.05) is 19.8 Å². The van der Waals surface area contributed by atoms with Gasteiger partial charge in [-0.05, 0) is 14.1 Å². The topological polar surface area (TPSA) is 40.5 Å². The minimum absolute atomic E-state index is 0.350. The molecule has 0 spiro atoms. The molecule has 0 aromatic carbocycles. The molecule has 0 saturated heterocycles. The highest BCUT2D eigenvalue weighted by atomic mass is 32.1. The third-order valence-corrected chi connectivity index (χ3v) is 1.43. The first-order chi connectivity index (χ1) is 4.09. The average molecular weight is 149 g/mol. The summed E-state index contributed by atoms with van der Waals surface area (Å²) in [7, 11) is 3.43. The Balaban J connectivity index is 3.83. The summed E-state index contributed by atoms with van der Waals surface area (Å²) < 4.78 is 0. The summed E-state index contributed by atoms with van der Waals surface area (Å²) in [5.41, 5.74) is 0. The van der Waals surface area contributed by atoms with E-state index in [2.05, 4.69) is 12.6 Å². The molecule has 0 aromatic heterocycles. The standard InChI is InChI=1S/C5H11NO2S/c1-6(2)4(3-9)5(7)8/h4,9H,3H2,1-2H3,(H,7,8). The second-order valence-corrected chi connectivity index (χ2v) is 2.37. The summed E-state index contributed by atoms with van der Waals surface area (Å²) in [5, 5.41) is 8.45. The molecule has 0 aliphatic rings. The number of rotatable bonds is 3. The average Bonchev–Trinajstić information content (AvgIpc) is 1.64. The van der Waals surface area contributed by atoms with E-state index in [-0.39, 0.29) is 0 Å². The molecule has 1 atom stereocenters. The first kappa shape index (κ1) is 8.78. The second-order valence-electron chi connectivity index (χ2n) is 2.00. The lowest BCUT2D eigenvalue weighted by molar-refractivity contribution is -0.141. The van der Waals surface area contributed by atoms with Crippen molar-refractivity contribution in [1.29, 1.82) is 0 Å². The maximum Gasteiger partial charge on any atom is 0.321 e. The van der Waals surface area contributed by atoms with Crippen LogP contribution in [0.4, 0.5) is 0 Å². The number of thiol groups is 1. The van der Waals surface area contributed by atoms with Gasteiger partial charge in [-0.2, -0.15) is 12.6 Å². The Kier molecular flexibility index (Phi) is 3.65. The third-order valence-electron chi connectivity index (χ3n) is 1.08. The van der Waals surface area contributed by atoms with Gasteiger partial charge in [0.2, 0.25) is 0 Å². The number of carboxylic acids is 1. The van der Waals surface area contributed by atoms with Gasteiger partial charge >= 0.3 is 5.97 Å². The molecule has 0 bridgehead atoms. The third kappa shape index (κ3) is 2.72. The highest BCUT2D eigenvalue weighted by molar-refractivity contribution is 7.80. The van der Waals surface area contributed by atoms with Crippen LogP contribution in [0, 0.1) is 0 Å². The molecule has 0 rings (SSSR count). The lowest BCUT2D eigenvalue weighted by Crippen LogP contribution is -2.37. The van der Waals surface area contributed by atoms with E-state index in [1.807, 2.05) is 0 Å². The van der Waals surface area contributed by atoms with E-state index in [1.54, 1.807) is 19.0 Å². The minimum Gasteiger partial charge on any atom is -0.480 e. The van der Waals surface area contributed by atoms with Gasteiger partial charge in [0.15, 0.2) is 0 Å². The van der Waals surface area contributed by atoms with Crippen molar-refractivity contribution in [3.05, 3.63) is 0 Å². The number of carboxylic acid groups (broad SMARTS) is 1. The van der Waals surface area contributed by atoms with E-state index in [0.717, 1.165) is 0 Å². The van der Waals surface area contributed by atoms with E-state index < -0.39 is 12.0 Å². The largest absolute Gasteiger partial charge is 0.480 e. The van der Waals surface area contributed by atoms with Crippen molar-refractivity contribution in [1.82, 2.24) is 4.90 Å². The molecule has 0 aliphatic carbocycles. The Morgan fingerprint density at radius 1 is 1.78 bits per heavy atom. The fraction of sp³-hybridized carbons (Fsp3) is 0.800. The molecule has 0 amide bonds. The Labute approximate surface area is 60.1 Å². The van der Waals surface area contributed by atoms with Crippen molar-refractivity contribution in [3.63, 3.8) is 0 Å². The molecule has 1 N–H and O–H groups in total. The molecule has 1 unspecified atom stereocenters. The first-order valence-electron chi connectivity index (χ1n) is 2.59. The molecule has 0 saturated carbocycles. The lowest BCUT2D eigenvalue weighted by Gasteiger charge is -2.16. The maximum atomic E-state index is 10.3. The molecule has 0 aliphatic heterocycles. The summed E-state index contributed by atoms with van der Waals surface area (Å²) in [4.78, 5) is 11.9. The van der Waals surface area contributed by atoms with Crippen molar-refractivity contribution in [2.24, 2.45) is 0 Å². The molecule has 9 heavy (non-hydrogen) atoms. The number of hydrogen-bond acceptors (Lipinski definition) is 3. The number of aliphatic carboxylic acids is 1. The smallest absolute Gasteiger partial charge is 0.321 e. The number of hydrogen-bond donors (Lipinski definition) is 2. The van der Waals surface area contributed by atoms with Crippen LogP contribution in [-0.4, -0.2) is 41.9 Å². The zero-order chi connectivity index (χ0) is 7.44. The molecule has 54 valence electrons.